The van der Waals surface area contributed by atoms with Gasteiger partial charge < -0.3 is 34.4 Å². The molecule has 142 valence electrons. The number of methoxy groups -OCH3 is 1. The quantitative estimate of drug-likeness (QED) is 0.347. The molecule has 0 aliphatic carbocycles. The van der Waals surface area contributed by atoms with Crippen molar-refractivity contribution in [1.82, 2.24) is 15.3 Å². The molecule has 0 fully saturated rings. The molecule has 0 spiro atoms. The van der Waals surface area contributed by atoms with Crippen molar-refractivity contribution >= 4 is 11.9 Å². The number of ether oxygens (including phenoxy) is 4. The zero-order valence-corrected chi connectivity index (χ0v) is 14.2. The minimum Gasteiger partial charge on any atom is -0.480 e. The number of aliphatic carboxylic acids is 1. The number of carbonyl (C=O) groups excluding carboxylic acids is 1. The first kappa shape index (κ1) is 21.0. The number of aromatic nitrogens is 2. The van der Waals surface area contributed by atoms with Crippen molar-refractivity contribution in [3.05, 3.63) is 18.2 Å². The maximum atomic E-state index is 11.7. The summed E-state index contributed by atoms with van der Waals surface area (Å²) >= 11 is 0. The Morgan fingerprint density at radius 1 is 1.16 bits per heavy atom. The van der Waals surface area contributed by atoms with Crippen LogP contribution in [-0.2, 0) is 35.0 Å². The van der Waals surface area contributed by atoms with Gasteiger partial charge in [-0.05, 0) is 0 Å². The Labute approximate surface area is 145 Å². The molecule has 0 saturated heterocycles. The van der Waals surface area contributed by atoms with Crippen LogP contribution in [0.4, 0.5) is 0 Å². The van der Waals surface area contributed by atoms with Gasteiger partial charge in [-0.25, -0.2) is 9.78 Å². The zero-order valence-electron chi connectivity index (χ0n) is 14.2. The van der Waals surface area contributed by atoms with Crippen molar-refractivity contribution in [3.8, 4) is 0 Å². The van der Waals surface area contributed by atoms with E-state index in [2.05, 4.69) is 15.3 Å². The summed E-state index contributed by atoms with van der Waals surface area (Å²) in [4.78, 5) is 29.5. The normalized spacial score (nSPS) is 12.0. The van der Waals surface area contributed by atoms with Gasteiger partial charge in [0.2, 0.25) is 5.91 Å². The van der Waals surface area contributed by atoms with E-state index in [-0.39, 0.29) is 19.6 Å². The van der Waals surface area contributed by atoms with E-state index in [9.17, 15) is 9.59 Å². The zero-order chi connectivity index (χ0) is 18.3. The SMILES string of the molecule is COCCOCCOCCOCC(=O)N[C@@H](Cc1cnc[nH]1)C(=O)O. The van der Waals surface area contributed by atoms with Crippen molar-refractivity contribution in [1.29, 1.82) is 0 Å². The first-order valence-corrected chi connectivity index (χ1v) is 7.85. The van der Waals surface area contributed by atoms with Crippen LogP contribution in [0.2, 0.25) is 0 Å². The summed E-state index contributed by atoms with van der Waals surface area (Å²) in [5.41, 5.74) is 0.620. The van der Waals surface area contributed by atoms with Crippen LogP contribution < -0.4 is 5.32 Å². The summed E-state index contributed by atoms with van der Waals surface area (Å²) in [6.07, 6.45) is 3.07. The van der Waals surface area contributed by atoms with Gasteiger partial charge >= 0.3 is 5.97 Å². The van der Waals surface area contributed by atoms with Crippen molar-refractivity contribution < 1.29 is 33.6 Å². The van der Waals surface area contributed by atoms with E-state index in [0.717, 1.165) is 0 Å². The number of hydrogen-bond acceptors (Lipinski definition) is 7. The molecule has 25 heavy (non-hydrogen) atoms. The highest BCUT2D eigenvalue weighted by molar-refractivity contribution is 5.84. The standard InChI is InChI=1S/C15H25N3O7/c1-22-2-3-23-4-5-24-6-7-25-10-14(19)18-13(15(20)21)8-12-9-16-11-17-12/h9,11,13H,2-8,10H2,1H3,(H,16,17)(H,18,19)(H,20,21)/t13-/m0/s1. The Kier molecular flexibility index (Phi) is 11.2. The van der Waals surface area contributed by atoms with Crippen LogP contribution in [0, 0.1) is 0 Å². The minimum atomic E-state index is -1.13. The number of H-pyrrole nitrogens is 1. The lowest BCUT2D eigenvalue weighted by atomic mass is 10.1. The number of amides is 1. The molecule has 10 nitrogen and oxygen atoms in total. The molecule has 1 amide bonds. The van der Waals surface area contributed by atoms with Gasteiger partial charge in [-0.2, -0.15) is 0 Å². The second kappa shape index (κ2) is 13.3. The summed E-state index contributed by atoms with van der Waals surface area (Å²) in [7, 11) is 1.60. The Morgan fingerprint density at radius 3 is 2.36 bits per heavy atom. The number of nitrogens with one attached hydrogen (secondary N) is 2. The van der Waals surface area contributed by atoms with Crippen molar-refractivity contribution in [2.24, 2.45) is 0 Å². The molecule has 0 radical (unpaired) electrons. The maximum Gasteiger partial charge on any atom is 0.326 e. The fraction of sp³-hybridized carbons (Fsp3) is 0.667. The molecule has 1 heterocycles. The van der Waals surface area contributed by atoms with Gasteiger partial charge in [-0.1, -0.05) is 0 Å². The van der Waals surface area contributed by atoms with Crippen LogP contribution in [0.1, 0.15) is 5.69 Å². The molecule has 0 saturated carbocycles. The number of carboxylic acids is 1. The molecule has 3 N–H and O–H groups in total. The van der Waals surface area contributed by atoms with Gasteiger partial charge in [0.25, 0.3) is 0 Å². The number of imidazole rings is 1. The number of rotatable bonds is 15. The predicted octanol–water partition coefficient (Wildman–Crippen LogP) is -0.782. The van der Waals surface area contributed by atoms with Crippen molar-refractivity contribution in [2.45, 2.75) is 12.5 Å². The highest BCUT2D eigenvalue weighted by Gasteiger charge is 2.20. The van der Waals surface area contributed by atoms with Gasteiger partial charge in [0, 0.05) is 25.4 Å². The van der Waals surface area contributed by atoms with Crippen LogP contribution in [-0.4, -0.2) is 86.4 Å². The summed E-state index contributed by atoms with van der Waals surface area (Å²) < 4.78 is 20.4. The van der Waals surface area contributed by atoms with Gasteiger partial charge in [-0.15, -0.1) is 0 Å². The van der Waals surface area contributed by atoms with E-state index in [1.807, 2.05) is 0 Å². The Balaban J connectivity index is 2.06. The molecule has 1 aromatic heterocycles. The molecular formula is C15H25N3O7. The maximum absolute atomic E-state index is 11.7. The summed E-state index contributed by atoms with van der Waals surface area (Å²) in [5.74, 6) is -1.63. The molecule has 10 heteroatoms. The van der Waals surface area contributed by atoms with E-state index in [4.69, 9.17) is 24.1 Å². The van der Waals surface area contributed by atoms with Crippen LogP contribution >= 0.6 is 0 Å². The summed E-state index contributed by atoms with van der Waals surface area (Å²) in [6, 6.07) is -1.04. The third-order valence-electron chi connectivity index (χ3n) is 3.02. The predicted molar refractivity (Wildman–Crippen MR) is 86.2 cm³/mol. The topological polar surface area (TPSA) is 132 Å². The third kappa shape index (κ3) is 10.5. The highest BCUT2D eigenvalue weighted by atomic mass is 16.6. The van der Waals surface area contributed by atoms with Crippen LogP contribution in [0.3, 0.4) is 0 Å². The van der Waals surface area contributed by atoms with Crippen LogP contribution in [0.25, 0.3) is 0 Å². The van der Waals surface area contributed by atoms with Gasteiger partial charge in [0.05, 0.1) is 46.0 Å². The average molecular weight is 359 g/mol. The lowest BCUT2D eigenvalue weighted by Crippen LogP contribution is -2.44. The van der Waals surface area contributed by atoms with E-state index >= 15 is 0 Å². The van der Waals surface area contributed by atoms with Gasteiger partial charge in [-0.3, -0.25) is 4.79 Å². The third-order valence-corrected chi connectivity index (χ3v) is 3.02. The molecule has 0 unspecified atom stereocenters. The Morgan fingerprint density at radius 2 is 1.80 bits per heavy atom. The highest BCUT2D eigenvalue weighted by Crippen LogP contribution is 1.99. The molecule has 0 aliphatic heterocycles. The Bertz CT molecular complexity index is 481. The fourth-order valence-electron chi connectivity index (χ4n) is 1.80. The van der Waals surface area contributed by atoms with E-state index < -0.39 is 17.9 Å². The number of nitrogens with zero attached hydrogens (tertiary/aromatic N) is 1. The molecule has 1 rings (SSSR count). The number of carbonyl (C=O) groups is 2. The Hall–Kier alpha value is -2.01. The van der Waals surface area contributed by atoms with Gasteiger partial charge in [0.15, 0.2) is 0 Å². The van der Waals surface area contributed by atoms with Crippen molar-refractivity contribution in [3.63, 3.8) is 0 Å². The summed E-state index contributed by atoms with van der Waals surface area (Å²) in [5, 5.41) is 11.5. The minimum absolute atomic E-state index is 0.118. The monoisotopic (exact) mass is 359 g/mol. The second-order valence-corrected chi connectivity index (χ2v) is 5.01. The summed E-state index contributed by atoms with van der Waals surface area (Å²) in [6.45, 7) is 2.24. The molecule has 1 aromatic rings. The average Bonchev–Trinajstić information content (AvgIpc) is 3.09. The second-order valence-electron chi connectivity index (χ2n) is 5.01. The smallest absolute Gasteiger partial charge is 0.326 e. The lowest BCUT2D eigenvalue weighted by molar-refractivity contribution is -0.142. The number of aromatic amines is 1. The number of carboxylic acid groups (broad SMARTS) is 1. The van der Waals surface area contributed by atoms with E-state index in [1.165, 1.54) is 12.5 Å². The molecule has 1 atom stereocenters. The fourth-order valence-corrected chi connectivity index (χ4v) is 1.80. The van der Waals surface area contributed by atoms with Crippen LogP contribution in [0.5, 0.6) is 0 Å². The van der Waals surface area contributed by atoms with Gasteiger partial charge in [0.1, 0.15) is 12.6 Å². The lowest BCUT2D eigenvalue weighted by Gasteiger charge is -2.13. The van der Waals surface area contributed by atoms with Crippen molar-refractivity contribution in [2.75, 3.05) is 53.4 Å². The van der Waals surface area contributed by atoms with E-state index in [1.54, 1.807) is 7.11 Å². The van der Waals surface area contributed by atoms with E-state index in [0.29, 0.717) is 38.7 Å². The molecule has 0 aromatic carbocycles. The molecule has 0 bridgehead atoms. The first-order valence-electron chi connectivity index (χ1n) is 7.85. The molecule has 0 aliphatic rings. The first-order chi connectivity index (χ1) is 12.1. The number of hydrogen-bond donors (Lipinski definition) is 3. The molecular weight excluding hydrogens is 334 g/mol. The van der Waals surface area contributed by atoms with Crippen LogP contribution in [0.15, 0.2) is 12.5 Å². The largest absolute Gasteiger partial charge is 0.480 e.